The number of aryl methyl sites for hydroxylation is 2. The Morgan fingerprint density at radius 1 is 1.25 bits per heavy atom. The second kappa shape index (κ2) is 6.60. The number of benzene rings is 1. The molecule has 104 valence electrons. The molecule has 2 aromatic rings. The lowest BCUT2D eigenvalue weighted by Crippen LogP contribution is -2.17. The Kier molecular flexibility index (Phi) is 4.84. The third-order valence-electron chi connectivity index (χ3n) is 3.21. The molecule has 1 aromatic carbocycles. The van der Waals surface area contributed by atoms with E-state index in [0.29, 0.717) is 6.54 Å². The summed E-state index contributed by atoms with van der Waals surface area (Å²) >= 11 is 1.75. The topological polar surface area (TPSA) is 29.3 Å². The van der Waals surface area contributed by atoms with Crippen molar-refractivity contribution in [3.05, 3.63) is 51.2 Å². The number of nitrogens with zero attached hydrogens (tertiary/aromatic N) is 1. The largest absolute Gasteiger partial charge is 0.369 e. The third-order valence-corrected chi connectivity index (χ3v) is 4.12. The maximum absolute atomic E-state index is 5.44. The molecular formula is C17H20N2S. The zero-order chi connectivity index (χ0) is 14.5. The molecule has 0 bridgehead atoms. The van der Waals surface area contributed by atoms with Crippen LogP contribution in [0.5, 0.6) is 0 Å². The van der Waals surface area contributed by atoms with E-state index in [9.17, 15) is 0 Å². The summed E-state index contributed by atoms with van der Waals surface area (Å²) in [5, 5.41) is 2.09. The number of nitrogens with two attached hydrogens (primary N) is 1. The van der Waals surface area contributed by atoms with E-state index < -0.39 is 0 Å². The van der Waals surface area contributed by atoms with E-state index in [0.717, 1.165) is 12.1 Å². The molecule has 2 N–H and O–H groups in total. The number of rotatable bonds is 3. The molecule has 1 heterocycles. The van der Waals surface area contributed by atoms with Crippen LogP contribution in [0.4, 0.5) is 5.69 Å². The van der Waals surface area contributed by atoms with Gasteiger partial charge in [-0.2, -0.15) is 0 Å². The Morgan fingerprint density at radius 3 is 2.75 bits per heavy atom. The zero-order valence-corrected chi connectivity index (χ0v) is 13.1. The van der Waals surface area contributed by atoms with Crippen molar-refractivity contribution in [1.29, 1.82) is 0 Å². The Hall–Kier alpha value is -1.76. The monoisotopic (exact) mass is 284 g/mol. The van der Waals surface area contributed by atoms with E-state index in [1.54, 1.807) is 11.3 Å². The molecule has 0 aliphatic carbocycles. The van der Waals surface area contributed by atoms with E-state index in [1.807, 2.05) is 0 Å². The highest BCUT2D eigenvalue weighted by atomic mass is 32.1. The molecule has 0 saturated carbocycles. The van der Waals surface area contributed by atoms with E-state index >= 15 is 0 Å². The summed E-state index contributed by atoms with van der Waals surface area (Å²) < 4.78 is 0. The predicted octanol–water partition coefficient (Wildman–Crippen LogP) is 3.31. The molecule has 0 radical (unpaired) electrons. The molecule has 0 spiro atoms. The van der Waals surface area contributed by atoms with Crippen LogP contribution in [0.1, 0.15) is 21.6 Å². The minimum Gasteiger partial charge on any atom is -0.369 e. The zero-order valence-electron chi connectivity index (χ0n) is 12.2. The molecule has 0 fully saturated rings. The van der Waals surface area contributed by atoms with Gasteiger partial charge in [0.05, 0.1) is 13.1 Å². The van der Waals surface area contributed by atoms with E-state index in [-0.39, 0.29) is 0 Å². The van der Waals surface area contributed by atoms with Gasteiger partial charge in [-0.25, -0.2) is 0 Å². The lowest BCUT2D eigenvalue weighted by Gasteiger charge is -2.21. The number of hydrogen-bond acceptors (Lipinski definition) is 3. The number of anilines is 1. The van der Waals surface area contributed by atoms with Crippen LogP contribution >= 0.6 is 11.3 Å². The lowest BCUT2D eigenvalue weighted by atomic mass is 10.1. The number of hydrogen-bond donors (Lipinski definition) is 1. The van der Waals surface area contributed by atoms with Crippen LogP contribution in [0.2, 0.25) is 0 Å². The fourth-order valence-corrected chi connectivity index (χ4v) is 3.14. The van der Waals surface area contributed by atoms with Crippen LogP contribution in [0.15, 0.2) is 29.6 Å². The highest BCUT2D eigenvalue weighted by Crippen LogP contribution is 2.24. The van der Waals surface area contributed by atoms with E-state index in [2.05, 4.69) is 67.3 Å². The second-order valence-corrected chi connectivity index (χ2v) is 5.91. The van der Waals surface area contributed by atoms with Gasteiger partial charge in [-0.3, -0.25) is 0 Å². The van der Waals surface area contributed by atoms with Crippen molar-refractivity contribution >= 4 is 17.0 Å². The van der Waals surface area contributed by atoms with Crippen LogP contribution in [-0.2, 0) is 6.54 Å². The Bertz CT molecular complexity index is 646. The molecule has 1 aromatic heterocycles. The summed E-state index contributed by atoms with van der Waals surface area (Å²) in [6.07, 6.45) is 0. The van der Waals surface area contributed by atoms with Crippen LogP contribution in [-0.4, -0.2) is 13.6 Å². The van der Waals surface area contributed by atoms with Crippen molar-refractivity contribution in [2.24, 2.45) is 5.73 Å². The minimum atomic E-state index is 0.405. The van der Waals surface area contributed by atoms with Gasteiger partial charge in [-0.15, -0.1) is 11.3 Å². The van der Waals surface area contributed by atoms with Gasteiger partial charge >= 0.3 is 0 Å². The normalized spacial score (nSPS) is 10.0. The Labute approximate surface area is 125 Å². The first kappa shape index (κ1) is 14.6. The molecule has 0 aliphatic rings. The first-order valence-electron chi connectivity index (χ1n) is 6.65. The summed E-state index contributed by atoms with van der Waals surface area (Å²) in [7, 11) is 2.12. The van der Waals surface area contributed by atoms with Crippen molar-refractivity contribution in [2.45, 2.75) is 20.4 Å². The Morgan fingerprint density at radius 2 is 2.05 bits per heavy atom. The highest BCUT2D eigenvalue weighted by molar-refractivity contribution is 7.10. The van der Waals surface area contributed by atoms with Gasteiger partial charge in [0.15, 0.2) is 0 Å². The quantitative estimate of drug-likeness (QED) is 0.876. The standard InChI is InChI=1S/C17H20N2S/c1-13-6-7-16(14(2)11-13)19(3)12-17-15(5-4-9-18)8-10-20-17/h6-8,10-11H,9,12,18H2,1-3H3. The second-order valence-electron chi connectivity index (χ2n) is 4.91. The molecule has 0 atom stereocenters. The molecule has 2 rings (SSSR count). The molecule has 2 nitrogen and oxygen atoms in total. The van der Waals surface area contributed by atoms with Crippen LogP contribution in [0, 0.1) is 25.7 Å². The summed E-state index contributed by atoms with van der Waals surface area (Å²) in [6.45, 7) is 5.55. The van der Waals surface area contributed by atoms with Crippen LogP contribution in [0.25, 0.3) is 0 Å². The maximum atomic E-state index is 5.44. The first-order chi connectivity index (χ1) is 9.61. The molecule has 0 unspecified atom stereocenters. The highest BCUT2D eigenvalue weighted by Gasteiger charge is 2.09. The van der Waals surface area contributed by atoms with Crippen molar-refractivity contribution in [3.8, 4) is 11.8 Å². The van der Waals surface area contributed by atoms with Gasteiger partial charge < -0.3 is 10.6 Å². The van der Waals surface area contributed by atoms with Gasteiger partial charge in [0.25, 0.3) is 0 Å². The smallest absolute Gasteiger partial charge is 0.0555 e. The summed E-state index contributed by atoms with van der Waals surface area (Å²) in [5.41, 5.74) is 10.4. The van der Waals surface area contributed by atoms with Gasteiger partial charge in [0.1, 0.15) is 0 Å². The van der Waals surface area contributed by atoms with Crippen molar-refractivity contribution in [2.75, 3.05) is 18.5 Å². The summed E-state index contributed by atoms with van der Waals surface area (Å²) in [6, 6.07) is 8.62. The summed E-state index contributed by atoms with van der Waals surface area (Å²) in [4.78, 5) is 3.56. The van der Waals surface area contributed by atoms with Gasteiger partial charge in [0, 0.05) is 23.2 Å². The summed E-state index contributed by atoms with van der Waals surface area (Å²) in [5.74, 6) is 6.07. The van der Waals surface area contributed by atoms with E-state index in [1.165, 1.54) is 21.7 Å². The molecule has 20 heavy (non-hydrogen) atoms. The van der Waals surface area contributed by atoms with Gasteiger partial charge in [0.2, 0.25) is 0 Å². The molecule has 0 aliphatic heterocycles. The fraction of sp³-hybridized carbons (Fsp3) is 0.294. The van der Waals surface area contributed by atoms with Gasteiger partial charge in [-0.05, 0) is 36.9 Å². The lowest BCUT2D eigenvalue weighted by molar-refractivity contribution is 0.931. The van der Waals surface area contributed by atoms with Crippen molar-refractivity contribution in [3.63, 3.8) is 0 Å². The molecule has 0 saturated heterocycles. The minimum absolute atomic E-state index is 0.405. The average molecular weight is 284 g/mol. The third kappa shape index (κ3) is 3.41. The molecular weight excluding hydrogens is 264 g/mol. The Balaban J connectivity index is 2.19. The van der Waals surface area contributed by atoms with Crippen LogP contribution < -0.4 is 10.6 Å². The fourth-order valence-electron chi connectivity index (χ4n) is 2.25. The predicted molar refractivity (Wildman–Crippen MR) is 88.3 cm³/mol. The SMILES string of the molecule is Cc1ccc(N(C)Cc2sccc2C#CCN)c(C)c1. The molecule has 3 heteroatoms. The van der Waals surface area contributed by atoms with Gasteiger partial charge in [-0.1, -0.05) is 29.5 Å². The maximum Gasteiger partial charge on any atom is 0.0555 e. The van der Waals surface area contributed by atoms with Crippen molar-refractivity contribution in [1.82, 2.24) is 0 Å². The first-order valence-corrected chi connectivity index (χ1v) is 7.53. The van der Waals surface area contributed by atoms with Crippen LogP contribution in [0.3, 0.4) is 0 Å². The van der Waals surface area contributed by atoms with E-state index in [4.69, 9.17) is 5.73 Å². The number of thiophene rings is 1. The molecule has 0 amide bonds. The average Bonchev–Trinajstić information content (AvgIpc) is 2.83. The van der Waals surface area contributed by atoms with Crippen molar-refractivity contribution < 1.29 is 0 Å².